The topological polar surface area (TPSA) is 69.6 Å². The zero-order valence-corrected chi connectivity index (χ0v) is 22.8. The van der Waals surface area contributed by atoms with E-state index in [1.165, 1.54) is 17.7 Å². The Balaban J connectivity index is 1.04. The second kappa shape index (κ2) is 11.9. The Bertz CT molecular complexity index is 1480. The normalized spacial score (nSPS) is 15.0. The molecule has 0 N–H and O–H groups in total. The fourth-order valence-electron chi connectivity index (χ4n) is 5.17. The molecule has 0 radical (unpaired) electrons. The van der Waals surface area contributed by atoms with Crippen molar-refractivity contribution in [2.24, 2.45) is 5.92 Å². The molecule has 2 fully saturated rings. The van der Waals surface area contributed by atoms with Crippen LogP contribution in [0.3, 0.4) is 0 Å². The minimum atomic E-state index is -0.320. The lowest BCUT2D eigenvalue weighted by atomic mass is 10.0. The van der Waals surface area contributed by atoms with Crippen molar-refractivity contribution in [1.29, 1.82) is 0 Å². The minimum absolute atomic E-state index is 0.00319. The van der Waals surface area contributed by atoms with E-state index in [2.05, 4.69) is 51.5 Å². The van der Waals surface area contributed by atoms with Gasteiger partial charge in [-0.15, -0.1) is 10.2 Å². The zero-order valence-electron chi connectivity index (χ0n) is 22.8. The van der Waals surface area contributed by atoms with E-state index in [9.17, 15) is 14.0 Å². The summed E-state index contributed by atoms with van der Waals surface area (Å²) >= 11 is 0. The Morgan fingerprint density at radius 2 is 1.41 bits per heavy atom. The number of carbonyl (C=O) groups is 2. The maximum absolute atomic E-state index is 13.3. The number of halogens is 1. The number of carbonyl (C=O) groups excluding carboxylic acids is 2. The number of aromatic nitrogens is 2. The smallest absolute Gasteiger partial charge is 0.242 e. The molecule has 3 aromatic carbocycles. The van der Waals surface area contributed by atoms with Crippen molar-refractivity contribution in [2.75, 3.05) is 37.6 Å². The number of hydrogen-bond donors (Lipinski definition) is 0. The summed E-state index contributed by atoms with van der Waals surface area (Å²) in [5.41, 5.74) is 4.95. The van der Waals surface area contributed by atoms with E-state index in [0.29, 0.717) is 32.7 Å². The molecule has 1 saturated carbocycles. The van der Waals surface area contributed by atoms with Crippen LogP contribution in [0.2, 0.25) is 0 Å². The number of hydrogen-bond acceptors (Lipinski definition) is 5. The highest BCUT2D eigenvalue weighted by Gasteiger charge is 2.35. The van der Waals surface area contributed by atoms with Gasteiger partial charge in [0.15, 0.2) is 5.82 Å². The van der Waals surface area contributed by atoms with Gasteiger partial charge in [0.1, 0.15) is 12.4 Å². The summed E-state index contributed by atoms with van der Waals surface area (Å²) in [5, 5.41) is 8.94. The lowest BCUT2D eigenvalue weighted by molar-refractivity contribution is -0.142. The highest BCUT2D eigenvalue weighted by atomic mass is 19.1. The molecule has 0 bridgehead atoms. The van der Waals surface area contributed by atoms with Gasteiger partial charge in [-0.05, 0) is 53.8 Å². The molecule has 8 heteroatoms. The van der Waals surface area contributed by atoms with Crippen LogP contribution in [-0.4, -0.2) is 64.5 Å². The van der Waals surface area contributed by atoms with Gasteiger partial charge < -0.3 is 14.7 Å². The van der Waals surface area contributed by atoms with Gasteiger partial charge in [0, 0.05) is 44.2 Å². The van der Waals surface area contributed by atoms with Crippen molar-refractivity contribution in [3.05, 3.63) is 102 Å². The van der Waals surface area contributed by atoms with Gasteiger partial charge in [0.2, 0.25) is 11.8 Å². The van der Waals surface area contributed by atoms with Crippen LogP contribution < -0.4 is 4.90 Å². The van der Waals surface area contributed by atoms with E-state index >= 15 is 0 Å². The lowest BCUT2D eigenvalue weighted by Crippen LogP contribution is -2.52. The molecule has 41 heavy (non-hydrogen) atoms. The summed E-state index contributed by atoms with van der Waals surface area (Å²) in [6.45, 7) is 2.71. The molecule has 2 heterocycles. The standard InChI is InChI=1S/C33H32FN5O2/c34-29-14-6-24(7-15-29)22-39(33(41)28-12-13-28)23-32(40)38-20-18-37(19-21-38)31-17-16-30(35-36-31)27-10-8-26(9-11-27)25-4-2-1-3-5-25/h1-11,14-17,28H,12-13,18-23H2. The first-order valence-corrected chi connectivity index (χ1v) is 14.1. The van der Waals surface area contributed by atoms with Crippen LogP contribution in [0.25, 0.3) is 22.4 Å². The number of amides is 2. The first kappa shape index (κ1) is 26.6. The second-order valence-electron chi connectivity index (χ2n) is 10.7. The van der Waals surface area contributed by atoms with Gasteiger partial charge >= 0.3 is 0 Å². The molecule has 0 atom stereocenters. The predicted octanol–water partition coefficient (Wildman–Crippen LogP) is 5.04. The summed E-state index contributed by atoms with van der Waals surface area (Å²) in [4.78, 5) is 31.6. The number of nitrogens with zero attached hydrogens (tertiary/aromatic N) is 5. The summed E-state index contributed by atoms with van der Waals surface area (Å²) in [6, 6.07) is 28.6. The predicted molar refractivity (Wildman–Crippen MR) is 156 cm³/mol. The molecule has 1 aliphatic carbocycles. The third kappa shape index (κ3) is 6.43. The molecule has 2 aliphatic rings. The lowest BCUT2D eigenvalue weighted by Gasteiger charge is -2.36. The quantitative estimate of drug-likeness (QED) is 0.308. The van der Waals surface area contributed by atoms with Gasteiger partial charge in [-0.1, -0.05) is 66.7 Å². The molecule has 208 valence electrons. The Kier molecular flexibility index (Phi) is 7.71. The molecule has 6 rings (SSSR count). The Morgan fingerprint density at radius 1 is 0.756 bits per heavy atom. The maximum Gasteiger partial charge on any atom is 0.242 e. The monoisotopic (exact) mass is 549 g/mol. The van der Waals surface area contributed by atoms with Crippen molar-refractivity contribution in [2.45, 2.75) is 19.4 Å². The summed E-state index contributed by atoms with van der Waals surface area (Å²) in [5.74, 6) is 0.402. The van der Waals surface area contributed by atoms with E-state index in [0.717, 1.165) is 41.0 Å². The fraction of sp³-hybridized carbons (Fsp3) is 0.273. The van der Waals surface area contributed by atoms with Gasteiger partial charge in [-0.3, -0.25) is 9.59 Å². The van der Waals surface area contributed by atoms with E-state index in [1.807, 2.05) is 35.2 Å². The van der Waals surface area contributed by atoms with Crippen molar-refractivity contribution in [1.82, 2.24) is 20.0 Å². The van der Waals surface area contributed by atoms with Crippen LogP contribution in [0.1, 0.15) is 18.4 Å². The second-order valence-corrected chi connectivity index (χ2v) is 10.7. The van der Waals surface area contributed by atoms with Gasteiger partial charge in [-0.2, -0.15) is 0 Å². The van der Waals surface area contributed by atoms with Crippen molar-refractivity contribution in [3.63, 3.8) is 0 Å². The zero-order chi connectivity index (χ0) is 28.2. The fourth-order valence-corrected chi connectivity index (χ4v) is 5.17. The third-order valence-corrected chi connectivity index (χ3v) is 7.75. The van der Waals surface area contributed by atoms with Gasteiger partial charge in [-0.25, -0.2) is 4.39 Å². The Labute approximate surface area is 239 Å². The van der Waals surface area contributed by atoms with Crippen LogP contribution in [0.4, 0.5) is 10.2 Å². The van der Waals surface area contributed by atoms with Crippen molar-refractivity contribution in [3.8, 4) is 22.4 Å². The average Bonchev–Trinajstić information content (AvgIpc) is 3.88. The molecule has 4 aromatic rings. The highest BCUT2D eigenvalue weighted by Crippen LogP contribution is 2.31. The molecule has 1 saturated heterocycles. The van der Waals surface area contributed by atoms with Gasteiger partial charge in [0.25, 0.3) is 0 Å². The van der Waals surface area contributed by atoms with Crippen LogP contribution in [0, 0.1) is 11.7 Å². The Morgan fingerprint density at radius 3 is 2.05 bits per heavy atom. The summed E-state index contributed by atoms with van der Waals surface area (Å²) in [6.07, 6.45) is 1.73. The SMILES string of the molecule is O=C(CN(Cc1ccc(F)cc1)C(=O)C1CC1)N1CCN(c2ccc(-c3ccc(-c4ccccc4)cc3)nn2)CC1. The first-order valence-electron chi connectivity index (χ1n) is 14.1. The van der Waals surface area contributed by atoms with Crippen molar-refractivity contribution < 1.29 is 14.0 Å². The summed E-state index contributed by atoms with van der Waals surface area (Å²) < 4.78 is 13.3. The van der Waals surface area contributed by atoms with Gasteiger partial charge in [0.05, 0.1) is 5.69 Å². The number of anilines is 1. The van der Waals surface area contributed by atoms with E-state index in [-0.39, 0.29) is 30.1 Å². The number of piperazine rings is 1. The highest BCUT2D eigenvalue weighted by molar-refractivity contribution is 5.87. The maximum atomic E-state index is 13.3. The van der Waals surface area contributed by atoms with E-state index in [1.54, 1.807) is 17.0 Å². The number of rotatable bonds is 8. The summed E-state index contributed by atoms with van der Waals surface area (Å²) in [7, 11) is 0. The van der Waals surface area contributed by atoms with Crippen LogP contribution >= 0.6 is 0 Å². The molecule has 0 unspecified atom stereocenters. The van der Waals surface area contributed by atoms with E-state index in [4.69, 9.17) is 0 Å². The molecule has 0 spiro atoms. The van der Waals surface area contributed by atoms with Crippen LogP contribution in [-0.2, 0) is 16.1 Å². The largest absolute Gasteiger partial charge is 0.352 e. The molecular formula is C33H32FN5O2. The minimum Gasteiger partial charge on any atom is -0.352 e. The van der Waals surface area contributed by atoms with E-state index < -0.39 is 0 Å². The molecular weight excluding hydrogens is 517 g/mol. The van der Waals surface area contributed by atoms with Crippen molar-refractivity contribution >= 4 is 17.6 Å². The number of benzene rings is 3. The van der Waals surface area contributed by atoms with Crippen LogP contribution in [0.5, 0.6) is 0 Å². The third-order valence-electron chi connectivity index (χ3n) is 7.75. The Hall–Kier alpha value is -4.59. The van der Waals surface area contributed by atoms with Crippen LogP contribution in [0.15, 0.2) is 91.0 Å². The average molecular weight is 550 g/mol. The molecule has 7 nitrogen and oxygen atoms in total. The first-order chi connectivity index (χ1) is 20.0. The molecule has 2 amide bonds. The molecule has 1 aliphatic heterocycles. The molecule has 1 aromatic heterocycles.